The van der Waals surface area contributed by atoms with Crippen molar-refractivity contribution in [2.45, 2.75) is 49.9 Å². The lowest BCUT2D eigenvalue weighted by Gasteiger charge is -2.18. The van der Waals surface area contributed by atoms with Gasteiger partial charge in [-0.25, -0.2) is 9.59 Å². The van der Waals surface area contributed by atoms with E-state index in [2.05, 4.69) is 10.6 Å². The van der Waals surface area contributed by atoms with Gasteiger partial charge in [-0.2, -0.15) is 0 Å². The highest BCUT2D eigenvalue weighted by Crippen LogP contribution is 2.16. The molecule has 0 radical (unpaired) electrons. The van der Waals surface area contributed by atoms with Gasteiger partial charge in [0.2, 0.25) is 11.8 Å². The van der Waals surface area contributed by atoms with Crippen molar-refractivity contribution in [1.82, 2.24) is 10.6 Å². The Bertz CT molecular complexity index is 1650. The van der Waals surface area contributed by atoms with E-state index in [0.717, 1.165) is 22.3 Å². The summed E-state index contributed by atoms with van der Waals surface area (Å²) in [6, 6.07) is 24.6. The number of carbonyl (C=O) groups is 4. The lowest BCUT2D eigenvalue weighted by molar-refractivity contribution is -0.142. The fraction of sp³-hybridized carbons (Fsp3) is 0.300. The van der Waals surface area contributed by atoms with E-state index < -0.39 is 47.9 Å². The van der Waals surface area contributed by atoms with Gasteiger partial charge in [-0.05, 0) is 83.6 Å². The second-order valence-corrected chi connectivity index (χ2v) is 12.2. The van der Waals surface area contributed by atoms with Gasteiger partial charge in [-0.1, -0.05) is 48.5 Å². The van der Waals surface area contributed by atoms with Crippen LogP contribution in [0.15, 0.2) is 97.1 Å². The SMILES string of the molecule is COc1ccc(C[C@@H](N)C(=O)N[C@@H](Cc2ccc(OC)cc2)C(=O)O)cc1.COc1ccc(C[C@H](N)C(=O)N[C@H](Cc2ccc(OC)cc2)C(=O)O)cc1. The Balaban J connectivity index is 0.000000290. The molecule has 0 bridgehead atoms. The molecule has 0 unspecified atom stereocenters. The van der Waals surface area contributed by atoms with E-state index in [4.69, 9.17) is 30.4 Å². The molecule has 54 heavy (non-hydrogen) atoms. The number of carbonyl (C=O) groups excluding carboxylic acids is 2. The molecule has 0 saturated heterocycles. The molecule has 4 aromatic rings. The summed E-state index contributed by atoms with van der Waals surface area (Å²) in [4.78, 5) is 47.7. The number of nitrogens with one attached hydrogen (secondary N) is 2. The highest BCUT2D eigenvalue weighted by molar-refractivity contribution is 5.88. The Hall–Kier alpha value is -6.12. The largest absolute Gasteiger partial charge is 0.497 e. The molecule has 0 fully saturated rings. The predicted octanol–water partition coefficient (Wildman–Crippen LogP) is 2.77. The Morgan fingerprint density at radius 2 is 0.685 bits per heavy atom. The molecule has 4 atom stereocenters. The number of rotatable bonds is 18. The minimum atomic E-state index is -1.11. The van der Waals surface area contributed by atoms with Crippen LogP contribution in [0.3, 0.4) is 0 Å². The Kier molecular flexibility index (Phi) is 16.8. The summed E-state index contributed by atoms with van der Waals surface area (Å²) in [5.74, 6) is -0.471. The van der Waals surface area contributed by atoms with Crippen molar-refractivity contribution in [3.8, 4) is 23.0 Å². The topological polar surface area (TPSA) is 222 Å². The van der Waals surface area contributed by atoms with E-state index in [1.165, 1.54) is 0 Å². The van der Waals surface area contributed by atoms with Crippen LogP contribution in [-0.4, -0.2) is 86.6 Å². The third-order valence-electron chi connectivity index (χ3n) is 8.33. The van der Waals surface area contributed by atoms with Crippen molar-refractivity contribution in [1.29, 1.82) is 0 Å². The molecule has 0 aromatic heterocycles. The zero-order chi connectivity index (χ0) is 39.6. The van der Waals surface area contributed by atoms with Gasteiger partial charge >= 0.3 is 11.9 Å². The molecule has 14 nitrogen and oxygen atoms in total. The number of aliphatic carboxylic acids is 2. The number of carboxylic acids is 2. The molecule has 8 N–H and O–H groups in total. The number of methoxy groups -OCH3 is 4. The molecular formula is C40H48N4O10. The van der Waals surface area contributed by atoms with Gasteiger partial charge in [-0.15, -0.1) is 0 Å². The molecule has 288 valence electrons. The number of benzene rings is 4. The number of hydrogen-bond acceptors (Lipinski definition) is 10. The zero-order valence-electron chi connectivity index (χ0n) is 30.7. The van der Waals surface area contributed by atoms with Gasteiger partial charge < -0.3 is 51.3 Å². The molecule has 0 aliphatic heterocycles. The van der Waals surface area contributed by atoms with Crippen LogP contribution in [0.25, 0.3) is 0 Å². The van der Waals surface area contributed by atoms with E-state index in [1.807, 2.05) is 24.3 Å². The first-order chi connectivity index (χ1) is 25.8. The molecule has 4 rings (SSSR count). The van der Waals surface area contributed by atoms with Gasteiger partial charge in [0.15, 0.2) is 0 Å². The van der Waals surface area contributed by atoms with Gasteiger partial charge in [-0.3, -0.25) is 9.59 Å². The number of carboxylic acid groups (broad SMARTS) is 2. The number of hydrogen-bond donors (Lipinski definition) is 6. The average Bonchev–Trinajstić information content (AvgIpc) is 3.18. The van der Waals surface area contributed by atoms with E-state index in [9.17, 15) is 29.4 Å². The van der Waals surface area contributed by atoms with Crippen LogP contribution in [0.2, 0.25) is 0 Å². The van der Waals surface area contributed by atoms with Gasteiger partial charge in [0.1, 0.15) is 35.1 Å². The molecular weight excluding hydrogens is 696 g/mol. The van der Waals surface area contributed by atoms with E-state index >= 15 is 0 Å². The molecule has 4 aromatic carbocycles. The second-order valence-electron chi connectivity index (χ2n) is 12.2. The minimum Gasteiger partial charge on any atom is -0.497 e. The van der Waals surface area contributed by atoms with Crippen LogP contribution in [0.5, 0.6) is 23.0 Å². The molecule has 0 saturated carbocycles. The smallest absolute Gasteiger partial charge is 0.326 e. The van der Waals surface area contributed by atoms with E-state index in [0.29, 0.717) is 35.8 Å². The van der Waals surface area contributed by atoms with Crippen molar-refractivity contribution in [2.75, 3.05) is 28.4 Å². The Labute approximate surface area is 314 Å². The van der Waals surface area contributed by atoms with E-state index in [-0.39, 0.29) is 12.8 Å². The normalized spacial score (nSPS) is 12.7. The van der Waals surface area contributed by atoms with Crippen LogP contribution in [0.4, 0.5) is 0 Å². The number of amides is 2. The van der Waals surface area contributed by atoms with E-state index in [1.54, 1.807) is 101 Å². The van der Waals surface area contributed by atoms with Gasteiger partial charge in [0, 0.05) is 12.8 Å². The van der Waals surface area contributed by atoms with Crippen molar-refractivity contribution in [2.24, 2.45) is 11.5 Å². The predicted molar refractivity (Wildman–Crippen MR) is 202 cm³/mol. The first-order valence-corrected chi connectivity index (χ1v) is 16.9. The zero-order valence-corrected chi connectivity index (χ0v) is 30.7. The van der Waals surface area contributed by atoms with Crippen LogP contribution >= 0.6 is 0 Å². The first-order valence-electron chi connectivity index (χ1n) is 16.9. The average molecular weight is 745 g/mol. The maximum absolute atomic E-state index is 12.3. The highest BCUT2D eigenvalue weighted by Gasteiger charge is 2.25. The standard InChI is InChI=1S/2C20H24N2O5/c2*1-26-15-7-3-13(4-8-15)11-17(21)19(23)22-18(20(24)25)12-14-5-9-16(27-2)10-6-14/h2*3-10,17-18H,11-12,21H2,1-2H3,(H,22,23)(H,24,25)/t2*17-,18+/m10/s1. The second kappa shape index (κ2) is 21.4. The van der Waals surface area contributed by atoms with Gasteiger partial charge in [0.05, 0.1) is 40.5 Å². The summed E-state index contributed by atoms with van der Waals surface area (Å²) in [7, 11) is 6.26. The summed E-state index contributed by atoms with van der Waals surface area (Å²) in [5, 5.41) is 23.9. The van der Waals surface area contributed by atoms with Gasteiger partial charge in [0.25, 0.3) is 0 Å². The quantitative estimate of drug-likeness (QED) is 0.0866. The molecule has 2 amide bonds. The lowest BCUT2D eigenvalue weighted by Crippen LogP contribution is -2.50. The van der Waals surface area contributed by atoms with Crippen LogP contribution < -0.4 is 41.0 Å². The van der Waals surface area contributed by atoms with Crippen molar-refractivity contribution >= 4 is 23.8 Å². The fourth-order valence-electron chi connectivity index (χ4n) is 5.17. The highest BCUT2D eigenvalue weighted by atomic mass is 16.5. The summed E-state index contributed by atoms with van der Waals surface area (Å²) in [5.41, 5.74) is 15.2. The maximum atomic E-state index is 12.3. The molecule has 0 aliphatic carbocycles. The summed E-state index contributed by atoms with van der Waals surface area (Å²) in [6.45, 7) is 0. The Morgan fingerprint density at radius 1 is 0.463 bits per heavy atom. The van der Waals surface area contributed by atoms with Crippen LogP contribution in [0, 0.1) is 0 Å². The minimum absolute atomic E-state index is 0.153. The monoisotopic (exact) mass is 744 g/mol. The van der Waals surface area contributed by atoms with Crippen LogP contribution in [-0.2, 0) is 44.9 Å². The maximum Gasteiger partial charge on any atom is 0.326 e. The molecule has 14 heteroatoms. The molecule has 0 spiro atoms. The lowest BCUT2D eigenvalue weighted by atomic mass is 10.0. The number of nitrogens with two attached hydrogens (primary N) is 2. The van der Waals surface area contributed by atoms with Crippen molar-refractivity contribution in [3.05, 3.63) is 119 Å². The molecule has 0 heterocycles. The summed E-state index contributed by atoms with van der Waals surface area (Å²) < 4.78 is 20.3. The third kappa shape index (κ3) is 13.8. The third-order valence-corrected chi connectivity index (χ3v) is 8.33. The summed E-state index contributed by atoms with van der Waals surface area (Å²) in [6.07, 6.45) is 0.899. The number of ether oxygens (including phenoxy) is 4. The van der Waals surface area contributed by atoms with Crippen molar-refractivity contribution < 1.29 is 48.3 Å². The summed E-state index contributed by atoms with van der Waals surface area (Å²) >= 11 is 0. The first kappa shape index (κ1) is 42.3. The van der Waals surface area contributed by atoms with Crippen molar-refractivity contribution in [3.63, 3.8) is 0 Å². The van der Waals surface area contributed by atoms with Crippen LogP contribution in [0.1, 0.15) is 22.3 Å². The molecule has 0 aliphatic rings. The Morgan fingerprint density at radius 3 is 0.889 bits per heavy atom. The fourth-order valence-corrected chi connectivity index (χ4v) is 5.17.